The molecule has 2 N–H and O–H groups in total. The Bertz CT molecular complexity index is 1110. The van der Waals surface area contributed by atoms with Crippen LogP contribution in [0.15, 0.2) is 71.3 Å². The first-order chi connectivity index (χ1) is 17.5. The zero-order chi connectivity index (χ0) is 25.3. The van der Waals surface area contributed by atoms with E-state index >= 15 is 0 Å². The van der Waals surface area contributed by atoms with E-state index in [2.05, 4.69) is 32.6 Å². The predicted molar refractivity (Wildman–Crippen MR) is 139 cm³/mol. The number of piperazine rings is 1. The quantitative estimate of drug-likeness (QED) is 0.430. The lowest BCUT2D eigenvalue weighted by molar-refractivity contribution is -0.139. The fourth-order valence-corrected chi connectivity index (χ4v) is 4.42. The lowest BCUT2D eigenvalue weighted by atomic mass is 10.1. The van der Waals surface area contributed by atoms with Gasteiger partial charge in [0.1, 0.15) is 11.5 Å². The minimum absolute atomic E-state index is 0.163. The summed E-state index contributed by atoms with van der Waals surface area (Å²) >= 11 is 5.90. The van der Waals surface area contributed by atoms with Crippen molar-refractivity contribution in [2.45, 2.75) is 12.5 Å². The molecular weight excluding hydrogens is 480 g/mol. The Morgan fingerprint density at radius 1 is 0.972 bits per heavy atom. The third-order valence-corrected chi connectivity index (χ3v) is 6.59. The van der Waals surface area contributed by atoms with Crippen LogP contribution < -0.4 is 20.3 Å². The topological polar surface area (TPSA) is 87.0 Å². The predicted octanol–water partition coefficient (Wildman–Crippen LogP) is 3.28. The van der Waals surface area contributed by atoms with Crippen LogP contribution >= 0.6 is 11.6 Å². The fraction of sp³-hybridized carbons (Fsp3) is 0.333. The number of carbonyl (C=O) groups excluding carboxylic acids is 2. The molecule has 190 valence electrons. The molecule has 1 aliphatic rings. The second-order valence-corrected chi connectivity index (χ2v) is 9.03. The largest absolute Gasteiger partial charge is 0.497 e. The molecule has 1 saturated heterocycles. The molecule has 1 atom stereocenters. The van der Waals surface area contributed by atoms with Gasteiger partial charge in [0.2, 0.25) is 0 Å². The average molecular weight is 511 g/mol. The van der Waals surface area contributed by atoms with Gasteiger partial charge in [0.15, 0.2) is 0 Å². The van der Waals surface area contributed by atoms with Gasteiger partial charge in [-0.2, -0.15) is 0 Å². The zero-order valence-corrected chi connectivity index (χ0v) is 21.0. The van der Waals surface area contributed by atoms with E-state index in [0.29, 0.717) is 18.0 Å². The van der Waals surface area contributed by atoms with Crippen molar-refractivity contribution in [1.82, 2.24) is 15.5 Å². The summed E-state index contributed by atoms with van der Waals surface area (Å²) in [7, 11) is 1.66. The molecular formula is C27H31ClN4O4. The maximum absolute atomic E-state index is 12.5. The van der Waals surface area contributed by atoms with E-state index in [0.717, 1.165) is 48.9 Å². The van der Waals surface area contributed by atoms with Crippen LogP contribution in [0.2, 0.25) is 5.02 Å². The summed E-state index contributed by atoms with van der Waals surface area (Å²) in [5, 5.41) is 6.12. The van der Waals surface area contributed by atoms with E-state index in [1.54, 1.807) is 25.5 Å². The Kier molecular flexibility index (Phi) is 8.86. The first-order valence-electron chi connectivity index (χ1n) is 12.0. The number of methoxy groups -OCH3 is 1. The number of furan rings is 1. The number of anilines is 1. The standard InChI is InChI=1S/C27H31ClN4O4/c1-35-23-10-8-22(9-11-23)31-14-16-32(17-15-31)24(25-3-2-18-36-25)19-30-27(34)26(33)29-13-12-20-4-6-21(28)7-5-20/h2-11,18,24H,12-17,19H2,1H3,(H,29,33)(H,30,34)/t24-/m0/s1. The summed E-state index contributed by atoms with van der Waals surface area (Å²) in [5.74, 6) is 0.294. The highest BCUT2D eigenvalue weighted by Gasteiger charge is 2.28. The Morgan fingerprint density at radius 3 is 2.31 bits per heavy atom. The SMILES string of the molecule is COc1ccc(N2CCN([C@@H](CNC(=O)C(=O)NCCc3ccc(Cl)cc3)c3ccco3)CC2)cc1. The number of halogens is 1. The Morgan fingerprint density at radius 2 is 1.67 bits per heavy atom. The van der Waals surface area contributed by atoms with Crippen molar-refractivity contribution in [1.29, 1.82) is 0 Å². The van der Waals surface area contributed by atoms with Crippen molar-refractivity contribution in [2.75, 3.05) is 51.3 Å². The highest BCUT2D eigenvalue weighted by Crippen LogP contribution is 2.25. The molecule has 2 amide bonds. The van der Waals surface area contributed by atoms with Gasteiger partial charge >= 0.3 is 11.8 Å². The minimum Gasteiger partial charge on any atom is -0.497 e. The minimum atomic E-state index is -0.653. The number of carbonyl (C=O) groups is 2. The third-order valence-electron chi connectivity index (χ3n) is 6.34. The van der Waals surface area contributed by atoms with Gasteiger partial charge in [-0.05, 0) is 60.5 Å². The molecule has 0 spiro atoms. The molecule has 0 unspecified atom stereocenters. The summed E-state index contributed by atoms with van der Waals surface area (Å²) in [6, 6.07) is 19.0. The van der Waals surface area contributed by atoms with Crippen molar-refractivity contribution >= 4 is 29.1 Å². The summed E-state index contributed by atoms with van der Waals surface area (Å²) in [6.45, 7) is 3.90. The van der Waals surface area contributed by atoms with E-state index in [-0.39, 0.29) is 12.6 Å². The Hall–Kier alpha value is -3.49. The number of hydrogen-bond donors (Lipinski definition) is 2. The summed E-state index contributed by atoms with van der Waals surface area (Å²) in [5.41, 5.74) is 2.18. The molecule has 3 aromatic rings. The molecule has 1 fully saturated rings. The van der Waals surface area contributed by atoms with Gasteiger partial charge < -0.3 is 24.7 Å². The second-order valence-electron chi connectivity index (χ2n) is 8.59. The van der Waals surface area contributed by atoms with Gasteiger partial charge in [-0.25, -0.2) is 0 Å². The molecule has 1 aromatic heterocycles. The zero-order valence-electron chi connectivity index (χ0n) is 20.3. The van der Waals surface area contributed by atoms with Gasteiger partial charge in [-0.3, -0.25) is 14.5 Å². The van der Waals surface area contributed by atoms with E-state index in [9.17, 15) is 9.59 Å². The van der Waals surface area contributed by atoms with Crippen LogP contribution in [-0.4, -0.2) is 63.1 Å². The van der Waals surface area contributed by atoms with Crippen molar-refractivity contribution in [3.63, 3.8) is 0 Å². The van der Waals surface area contributed by atoms with Gasteiger partial charge in [-0.15, -0.1) is 0 Å². The van der Waals surface area contributed by atoms with Crippen LogP contribution in [0, 0.1) is 0 Å². The first kappa shape index (κ1) is 25.6. The number of ether oxygens (including phenoxy) is 1. The molecule has 2 aromatic carbocycles. The van der Waals surface area contributed by atoms with Crippen LogP contribution in [0.1, 0.15) is 17.4 Å². The number of hydrogen-bond acceptors (Lipinski definition) is 6. The molecule has 0 radical (unpaired) electrons. The highest BCUT2D eigenvalue weighted by molar-refractivity contribution is 6.35. The van der Waals surface area contributed by atoms with Gasteiger partial charge in [-0.1, -0.05) is 23.7 Å². The van der Waals surface area contributed by atoms with E-state index in [1.165, 1.54) is 0 Å². The van der Waals surface area contributed by atoms with Crippen LogP contribution in [0.25, 0.3) is 0 Å². The molecule has 0 aliphatic carbocycles. The van der Waals surface area contributed by atoms with E-state index in [1.807, 2.05) is 36.4 Å². The molecule has 0 saturated carbocycles. The molecule has 4 rings (SSSR count). The molecule has 2 heterocycles. The third kappa shape index (κ3) is 6.80. The van der Waals surface area contributed by atoms with Gasteiger partial charge in [0, 0.05) is 50.0 Å². The molecule has 8 nitrogen and oxygen atoms in total. The van der Waals surface area contributed by atoms with Crippen LogP contribution in [0.5, 0.6) is 5.75 Å². The summed E-state index contributed by atoms with van der Waals surface area (Å²) < 4.78 is 10.9. The first-order valence-corrected chi connectivity index (χ1v) is 12.4. The Labute approximate surface area is 216 Å². The maximum atomic E-state index is 12.5. The molecule has 9 heteroatoms. The normalized spacial score (nSPS) is 14.8. The number of nitrogens with one attached hydrogen (secondary N) is 2. The monoisotopic (exact) mass is 510 g/mol. The van der Waals surface area contributed by atoms with Crippen LogP contribution in [0.3, 0.4) is 0 Å². The number of amides is 2. The molecule has 0 bridgehead atoms. The second kappa shape index (κ2) is 12.5. The number of rotatable bonds is 9. The Balaban J connectivity index is 1.27. The van der Waals surface area contributed by atoms with Crippen molar-refractivity contribution < 1.29 is 18.7 Å². The molecule has 1 aliphatic heterocycles. The maximum Gasteiger partial charge on any atom is 0.309 e. The highest BCUT2D eigenvalue weighted by atomic mass is 35.5. The fourth-order valence-electron chi connectivity index (χ4n) is 4.30. The van der Waals surface area contributed by atoms with Crippen LogP contribution in [-0.2, 0) is 16.0 Å². The number of benzene rings is 2. The smallest absolute Gasteiger partial charge is 0.309 e. The van der Waals surface area contributed by atoms with Crippen LogP contribution in [0.4, 0.5) is 5.69 Å². The average Bonchev–Trinajstić information content (AvgIpc) is 3.45. The van der Waals surface area contributed by atoms with Gasteiger partial charge in [0.05, 0.1) is 19.4 Å². The lowest BCUT2D eigenvalue weighted by Gasteiger charge is -2.39. The van der Waals surface area contributed by atoms with Crippen molar-refractivity contribution in [3.8, 4) is 5.75 Å². The van der Waals surface area contributed by atoms with Crippen molar-refractivity contribution in [3.05, 3.63) is 83.3 Å². The summed E-state index contributed by atoms with van der Waals surface area (Å²) in [6.07, 6.45) is 2.24. The van der Waals surface area contributed by atoms with Gasteiger partial charge in [0.25, 0.3) is 0 Å². The lowest BCUT2D eigenvalue weighted by Crippen LogP contribution is -2.50. The van der Waals surface area contributed by atoms with E-state index in [4.69, 9.17) is 20.8 Å². The van der Waals surface area contributed by atoms with E-state index < -0.39 is 11.8 Å². The number of nitrogens with zero attached hydrogens (tertiary/aromatic N) is 2. The van der Waals surface area contributed by atoms with Crippen molar-refractivity contribution in [2.24, 2.45) is 0 Å². The summed E-state index contributed by atoms with van der Waals surface area (Å²) in [4.78, 5) is 29.4. The molecule has 36 heavy (non-hydrogen) atoms.